The molecule has 0 spiro atoms. The van der Waals surface area contributed by atoms with Crippen molar-refractivity contribution < 1.29 is 55.2 Å². The van der Waals surface area contributed by atoms with Gasteiger partial charge < -0.3 is 30.0 Å². The highest BCUT2D eigenvalue weighted by molar-refractivity contribution is 5.90. The van der Waals surface area contributed by atoms with Crippen molar-refractivity contribution in [3.63, 3.8) is 0 Å². The number of halogens is 6. The lowest BCUT2D eigenvalue weighted by atomic mass is 9.72. The summed E-state index contributed by atoms with van der Waals surface area (Å²) >= 11 is 0. The van der Waals surface area contributed by atoms with E-state index < -0.39 is 29.4 Å². The fourth-order valence-corrected chi connectivity index (χ4v) is 9.26. The summed E-state index contributed by atoms with van der Waals surface area (Å²) in [7, 11) is 0. The quantitative estimate of drug-likeness (QED) is 0.0615. The maximum Gasteiger partial charge on any atom is 0.420 e. The van der Waals surface area contributed by atoms with Crippen LogP contribution in [0.3, 0.4) is 0 Å². The average molecular weight is 931 g/mol. The molecule has 66 heavy (non-hydrogen) atoms. The van der Waals surface area contributed by atoms with Crippen LogP contribution in [0.4, 0.5) is 26.3 Å². The maximum atomic E-state index is 14.1. The number of carbonyl (C=O) groups excluding carboxylic acids is 1. The van der Waals surface area contributed by atoms with E-state index in [0.717, 1.165) is 62.5 Å². The summed E-state index contributed by atoms with van der Waals surface area (Å²) in [5.74, 6) is -0.233. The van der Waals surface area contributed by atoms with Crippen LogP contribution in [-0.4, -0.2) is 48.9 Å². The standard InChI is InChI=1S/C27H36F3NO3.C25H32F3NO3/c1-5-33-24(32)14-15-31-17-18-6-12-22-19(16-18)7-13-23(25(22)27(28,29)30)34-21-10-8-20(9-11-21)26(2,3)4;1-24(2,3)18-6-8-19(9-7-18)32-21-11-5-17-14-16(15-29-13-12-22(30)31)4-10-20(17)23(21)25(26,27)28/h6-7,12-13,16,20-21,31H,5,8-11,14-15,17H2,1-4H3;4-5,10-11,14,18-19,29H,6-9,12-13,15H2,1-3H3,(H,30,31). The molecule has 0 atom stereocenters. The molecule has 0 unspecified atom stereocenters. The number of hydrogen-bond acceptors (Lipinski definition) is 7. The van der Waals surface area contributed by atoms with E-state index >= 15 is 0 Å². The topological polar surface area (TPSA) is 106 Å². The highest BCUT2D eigenvalue weighted by Gasteiger charge is 2.40. The van der Waals surface area contributed by atoms with Gasteiger partial charge in [0.1, 0.15) is 22.6 Å². The normalized spacial score (nSPS) is 19.5. The summed E-state index contributed by atoms with van der Waals surface area (Å²) in [5.41, 5.74) is 0.619. The zero-order chi connectivity index (χ0) is 48.5. The van der Waals surface area contributed by atoms with Crippen molar-refractivity contribution in [3.8, 4) is 11.5 Å². The molecule has 4 aromatic rings. The van der Waals surface area contributed by atoms with Gasteiger partial charge in [-0.15, -0.1) is 0 Å². The summed E-state index contributed by atoms with van der Waals surface area (Å²) in [6, 6.07) is 16.0. The molecule has 0 saturated heterocycles. The smallest absolute Gasteiger partial charge is 0.420 e. The number of carboxylic acid groups (broad SMARTS) is 1. The number of alkyl halides is 6. The van der Waals surface area contributed by atoms with Gasteiger partial charge in [0.15, 0.2) is 0 Å². The van der Waals surface area contributed by atoms with Gasteiger partial charge in [-0.05, 0) is 138 Å². The van der Waals surface area contributed by atoms with Crippen LogP contribution >= 0.6 is 0 Å². The summed E-state index contributed by atoms with van der Waals surface area (Å²) in [4.78, 5) is 22.0. The van der Waals surface area contributed by atoms with Crippen molar-refractivity contribution in [2.75, 3.05) is 19.7 Å². The molecule has 0 amide bonds. The second-order valence-electron chi connectivity index (χ2n) is 20.0. The number of ether oxygens (including phenoxy) is 3. The fraction of sp³-hybridized carbons (Fsp3) is 0.577. The van der Waals surface area contributed by atoms with Gasteiger partial charge in [0, 0.05) is 26.2 Å². The minimum atomic E-state index is -4.53. The fourth-order valence-electron chi connectivity index (χ4n) is 9.26. The molecule has 6 rings (SSSR count). The van der Waals surface area contributed by atoms with Crippen molar-refractivity contribution in [1.82, 2.24) is 10.6 Å². The van der Waals surface area contributed by atoms with Crippen LogP contribution in [0.25, 0.3) is 21.5 Å². The van der Waals surface area contributed by atoms with Crippen LogP contribution < -0.4 is 20.1 Å². The molecule has 0 aromatic heterocycles. The number of fused-ring (bicyclic) bond motifs is 2. The molecule has 2 fully saturated rings. The third-order valence-electron chi connectivity index (χ3n) is 13.0. The average Bonchev–Trinajstić information content (AvgIpc) is 3.23. The zero-order valence-electron chi connectivity index (χ0n) is 39.4. The molecule has 364 valence electrons. The Morgan fingerprint density at radius 2 is 0.985 bits per heavy atom. The first-order valence-corrected chi connectivity index (χ1v) is 23.3. The predicted octanol–water partition coefficient (Wildman–Crippen LogP) is 13.3. The Hall–Kier alpha value is -4.56. The third-order valence-corrected chi connectivity index (χ3v) is 13.0. The Kier molecular flexibility index (Phi) is 17.9. The van der Waals surface area contributed by atoms with Crippen molar-refractivity contribution in [3.05, 3.63) is 82.9 Å². The van der Waals surface area contributed by atoms with Crippen LogP contribution in [-0.2, 0) is 39.8 Å². The van der Waals surface area contributed by atoms with Crippen LogP contribution in [0.2, 0.25) is 0 Å². The first kappa shape index (κ1) is 52.4. The number of carboxylic acids is 1. The maximum absolute atomic E-state index is 14.1. The van der Waals surface area contributed by atoms with Crippen LogP contribution in [0.1, 0.15) is 135 Å². The highest BCUT2D eigenvalue weighted by Crippen LogP contribution is 2.46. The molecule has 0 heterocycles. The molecule has 2 aliphatic rings. The molecule has 0 radical (unpaired) electrons. The number of carbonyl (C=O) groups is 2. The van der Waals surface area contributed by atoms with Gasteiger partial charge in [0.05, 0.1) is 31.7 Å². The minimum absolute atomic E-state index is 0.00975. The second-order valence-corrected chi connectivity index (χ2v) is 20.0. The van der Waals surface area contributed by atoms with E-state index in [0.29, 0.717) is 55.4 Å². The van der Waals surface area contributed by atoms with Crippen LogP contribution in [0, 0.1) is 22.7 Å². The first-order chi connectivity index (χ1) is 30.9. The third kappa shape index (κ3) is 15.0. The predicted molar refractivity (Wildman–Crippen MR) is 246 cm³/mol. The summed E-state index contributed by atoms with van der Waals surface area (Å²) < 4.78 is 101. The molecule has 2 aliphatic carbocycles. The van der Waals surface area contributed by atoms with Crippen molar-refractivity contribution in [1.29, 1.82) is 0 Å². The largest absolute Gasteiger partial charge is 0.490 e. The van der Waals surface area contributed by atoms with Gasteiger partial charge in [-0.2, -0.15) is 26.3 Å². The Morgan fingerprint density at radius 1 is 0.591 bits per heavy atom. The highest BCUT2D eigenvalue weighted by atomic mass is 19.4. The van der Waals surface area contributed by atoms with Gasteiger partial charge in [-0.3, -0.25) is 9.59 Å². The number of benzene rings is 4. The molecular formula is C52H68F6N2O6. The van der Waals surface area contributed by atoms with Gasteiger partial charge >= 0.3 is 24.3 Å². The second kappa shape index (κ2) is 22.5. The molecule has 0 aliphatic heterocycles. The van der Waals surface area contributed by atoms with E-state index in [-0.39, 0.29) is 64.1 Å². The number of esters is 1. The minimum Gasteiger partial charge on any atom is -0.490 e. The molecule has 3 N–H and O–H groups in total. The molecular weight excluding hydrogens is 863 g/mol. The molecule has 8 nitrogen and oxygen atoms in total. The van der Waals surface area contributed by atoms with E-state index in [1.165, 1.54) is 24.3 Å². The Morgan fingerprint density at radius 3 is 1.33 bits per heavy atom. The summed E-state index contributed by atoms with van der Waals surface area (Å²) in [5, 5.41) is 16.1. The molecule has 2 saturated carbocycles. The lowest BCUT2D eigenvalue weighted by molar-refractivity contribution is -0.143. The first-order valence-electron chi connectivity index (χ1n) is 23.3. The van der Waals surface area contributed by atoms with Crippen molar-refractivity contribution in [2.45, 2.75) is 150 Å². The van der Waals surface area contributed by atoms with E-state index in [1.807, 2.05) is 0 Å². The molecule has 14 heteroatoms. The Labute approximate surface area is 385 Å². The zero-order valence-corrected chi connectivity index (χ0v) is 39.4. The van der Waals surface area contributed by atoms with E-state index in [2.05, 4.69) is 52.2 Å². The van der Waals surface area contributed by atoms with Crippen LogP contribution in [0.15, 0.2) is 60.7 Å². The monoisotopic (exact) mass is 930 g/mol. The number of hydrogen-bond donors (Lipinski definition) is 3. The molecule has 4 aromatic carbocycles. The van der Waals surface area contributed by atoms with Gasteiger partial charge in [0.2, 0.25) is 0 Å². The SMILES string of the molecule is CC(C)(C)C1CCC(Oc2ccc3cc(CNCCC(=O)O)ccc3c2C(F)(F)F)CC1.CCOC(=O)CCNCc1ccc2c(C(F)(F)F)c(OC3CCC(C(C)(C)C)CC3)ccc2c1. The van der Waals surface area contributed by atoms with Gasteiger partial charge in [0.25, 0.3) is 0 Å². The molecule has 0 bridgehead atoms. The van der Waals surface area contributed by atoms with Crippen molar-refractivity contribution >= 4 is 33.5 Å². The van der Waals surface area contributed by atoms with E-state index in [4.69, 9.17) is 19.3 Å². The van der Waals surface area contributed by atoms with Crippen molar-refractivity contribution in [2.24, 2.45) is 22.7 Å². The lowest BCUT2D eigenvalue weighted by Gasteiger charge is -2.37. The number of aliphatic carboxylic acids is 1. The van der Waals surface area contributed by atoms with Gasteiger partial charge in [-0.1, -0.05) is 77.9 Å². The summed E-state index contributed by atoms with van der Waals surface area (Å²) in [6.45, 7) is 16.9. The van der Waals surface area contributed by atoms with E-state index in [1.54, 1.807) is 43.3 Å². The lowest BCUT2D eigenvalue weighted by Crippen LogP contribution is -2.31. The number of nitrogens with one attached hydrogen (secondary N) is 2. The van der Waals surface area contributed by atoms with Crippen LogP contribution in [0.5, 0.6) is 11.5 Å². The van der Waals surface area contributed by atoms with Gasteiger partial charge in [-0.25, -0.2) is 0 Å². The summed E-state index contributed by atoms with van der Waals surface area (Å²) in [6.07, 6.45) is -2.28. The Balaban J connectivity index is 0.000000248. The number of rotatable bonds is 15. The Bertz CT molecular complexity index is 2230. The van der Waals surface area contributed by atoms with E-state index in [9.17, 15) is 35.9 Å².